The third-order valence-electron chi connectivity index (χ3n) is 6.10. The lowest BCUT2D eigenvalue weighted by Crippen LogP contribution is -2.37. The highest BCUT2D eigenvalue weighted by molar-refractivity contribution is 5.83. The number of nitrogens with zero attached hydrogens (tertiary/aromatic N) is 1. The summed E-state index contributed by atoms with van der Waals surface area (Å²) in [5.74, 6) is 1.01. The number of nitrogens with one attached hydrogen (secondary N) is 2. The van der Waals surface area contributed by atoms with Crippen LogP contribution >= 0.6 is 0 Å². The van der Waals surface area contributed by atoms with E-state index >= 15 is 0 Å². The molecule has 1 aromatic heterocycles. The molecule has 1 amide bonds. The number of carbonyl (C=O) groups is 1. The van der Waals surface area contributed by atoms with Gasteiger partial charge in [-0.2, -0.15) is 0 Å². The topological polar surface area (TPSA) is 57.4 Å². The van der Waals surface area contributed by atoms with Gasteiger partial charge in [0.25, 0.3) is 0 Å². The fourth-order valence-corrected chi connectivity index (χ4v) is 4.51. The number of likely N-dealkylation sites (tertiary alicyclic amines) is 1. The van der Waals surface area contributed by atoms with E-state index in [1.54, 1.807) is 7.11 Å². The minimum atomic E-state index is 0.119. The first-order chi connectivity index (χ1) is 14.8. The van der Waals surface area contributed by atoms with Gasteiger partial charge >= 0.3 is 0 Å². The minimum Gasteiger partial charge on any atom is -0.496 e. The molecule has 2 aromatic carbocycles. The molecule has 158 valence electrons. The molecule has 1 fully saturated rings. The van der Waals surface area contributed by atoms with Crippen LogP contribution in [0.4, 0.5) is 0 Å². The average Bonchev–Trinajstić information content (AvgIpc) is 3.45. The van der Waals surface area contributed by atoms with Gasteiger partial charge in [-0.15, -0.1) is 0 Å². The number of carbonyl (C=O) groups excluding carboxylic acids is 1. The van der Waals surface area contributed by atoms with Crippen LogP contribution < -0.4 is 10.1 Å². The number of methoxy groups -OCH3 is 1. The second-order valence-electron chi connectivity index (χ2n) is 8.02. The number of para-hydroxylation sites is 2. The van der Waals surface area contributed by atoms with Gasteiger partial charge in [-0.1, -0.05) is 36.4 Å². The number of aryl methyl sites for hydroxylation is 1. The average molecular weight is 406 g/mol. The smallest absolute Gasteiger partial charge is 0.220 e. The third kappa shape index (κ3) is 4.68. The number of rotatable bonds is 9. The van der Waals surface area contributed by atoms with Crippen LogP contribution in [0.1, 0.15) is 42.9 Å². The van der Waals surface area contributed by atoms with Gasteiger partial charge in [0.1, 0.15) is 5.75 Å². The maximum absolute atomic E-state index is 12.6. The number of aromatic nitrogens is 1. The standard InChI is InChI=1S/C25H31N3O2/c1-30-24-13-5-3-11-21(24)23(28-15-6-7-16-28)18-27-25(29)14-8-9-19-17-26-22-12-4-2-10-20(19)22/h2-5,10-13,17,23,26H,6-9,14-16,18H2,1H3,(H,27,29). The SMILES string of the molecule is COc1ccccc1C(CNC(=O)CCCc1c[nH]c2ccccc12)N1CCCC1. The number of hydrogen-bond acceptors (Lipinski definition) is 3. The second kappa shape index (κ2) is 9.81. The number of amides is 1. The first-order valence-corrected chi connectivity index (χ1v) is 10.9. The predicted molar refractivity (Wildman–Crippen MR) is 121 cm³/mol. The molecule has 5 nitrogen and oxygen atoms in total. The Bertz CT molecular complexity index is 975. The largest absolute Gasteiger partial charge is 0.496 e. The minimum absolute atomic E-state index is 0.119. The summed E-state index contributed by atoms with van der Waals surface area (Å²) in [7, 11) is 1.71. The van der Waals surface area contributed by atoms with Gasteiger partial charge in [-0.05, 0) is 56.5 Å². The summed E-state index contributed by atoms with van der Waals surface area (Å²) in [5.41, 5.74) is 3.59. The molecular formula is C25H31N3O2. The Labute approximate surface area is 178 Å². The maximum atomic E-state index is 12.6. The lowest BCUT2D eigenvalue weighted by molar-refractivity contribution is -0.121. The lowest BCUT2D eigenvalue weighted by Gasteiger charge is -2.29. The molecule has 1 atom stereocenters. The Morgan fingerprint density at radius 3 is 2.73 bits per heavy atom. The Hall–Kier alpha value is -2.79. The molecule has 0 spiro atoms. The predicted octanol–water partition coefficient (Wildman–Crippen LogP) is 4.45. The molecule has 0 radical (unpaired) electrons. The first-order valence-electron chi connectivity index (χ1n) is 10.9. The number of fused-ring (bicyclic) bond motifs is 1. The number of hydrogen-bond donors (Lipinski definition) is 2. The zero-order valence-electron chi connectivity index (χ0n) is 17.7. The van der Waals surface area contributed by atoms with Crippen molar-refractivity contribution in [3.05, 3.63) is 65.9 Å². The van der Waals surface area contributed by atoms with Crippen molar-refractivity contribution in [2.24, 2.45) is 0 Å². The van der Waals surface area contributed by atoms with Gasteiger partial charge in [0.05, 0.1) is 13.2 Å². The molecule has 1 aliphatic heterocycles. The highest BCUT2D eigenvalue weighted by Crippen LogP contribution is 2.31. The molecule has 2 heterocycles. The third-order valence-corrected chi connectivity index (χ3v) is 6.10. The van der Waals surface area contributed by atoms with Crippen LogP contribution in [0.15, 0.2) is 54.7 Å². The van der Waals surface area contributed by atoms with E-state index < -0.39 is 0 Å². The summed E-state index contributed by atoms with van der Waals surface area (Å²) in [4.78, 5) is 18.3. The van der Waals surface area contributed by atoms with Crippen LogP contribution in [0, 0.1) is 0 Å². The molecule has 0 aliphatic carbocycles. The molecule has 0 saturated carbocycles. The van der Waals surface area contributed by atoms with Crippen LogP contribution in [0.3, 0.4) is 0 Å². The highest BCUT2D eigenvalue weighted by Gasteiger charge is 2.26. The van der Waals surface area contributed by atoms with Crippen molar-refractivity contribution < 1.29 is 9.53 Å². The van der Waals surface area contributed by atoms with Crippen LogP contribution in [0.25, 0.3) is 10.9 Å². The zero-order valence-corrected chi connectivity index (χ0v) is 17.7. The molecule has 1 saturated heterocycles. The van der Waals surface area contributed by atoms with E-state index in [4.69, 9.17) is 4.74 Å². The second-order valence-corrected chi connectivity index (χ2v) is 8.02. The normalized spacial score (nSPS) is 15.4. The van der Waals surface area contributed by atoms with E-state index in [9.17, 15) is 4.79 Å². The molecule has 30 heavy (non-hydrogen) atoms. The van der Waals surface area contributed by atoms with Gasteiger partial charge in [0.2, 0.25) is 5.91 Å². The Kier molecular flexibility index (Phi) is 6.70. The molecule has 3 aromatic rings. The fourth-order valence-electron chi connectivity index (χ4n) is 4.51. The molecular weight excluding hydrogens is 374 g/mol. The lowest BCUT2D eigenvalue weighted by atomic mass is 10.0. The van der Waals surface area contributed by atoms with Gasteiger partial charge < -0.3 is 15.0 Å². The Morgan fingerprint density at radius 1 is 1.13 bits per heavy atom. The van der Waals surface area contributed by atoms with Gasteiger partial charge in [0, 0.05) is 35.6 Å². The molecule has 5 heteroatoms. The summed E-state index contributed by atoms with van der Waals surface area (Å²) in [6.07, 6.45) is 6.77. The number of benzene rings is 2. The maximum Gasteiger partial charge on any atom is 0.220 e. The monoisotopic (exact) mass is 405 g/mol. The Balaban J connectivity index is 1.33. The number of aromatic amines is 1. The first kappa shape index (κ1) is 20.5. The number of H-pyrrole nitrogens is 1. The van der Waals surface area contributed by atoms with E-state index in [0.29, 0.717) is 13.0 Å². The highest BCUT2D eigenvalue weighted by atomic mass is 16.5. The van der Waals surface area contributed by atoms with E-state index in [-0.39, 0.29) is 11.9 Å². The van der Waals surface area contributed by atoms with Crippen LogP contribution in [0.2, 0.25) is 0 Å². The van der Waals surface area contributed by atoms with E-state index in [1.165, 1.54) is 23.8 Å². The van der Waals surface area contributed by atoms with Gasteiger partial charge in [0.15, 0.2) is 0 Å². The molecule has 1 aliphatic rings. The summed E-state index contributed by atoms with van der Waals surface area (Å²) >= 11 is 0. The van der Waals surface area contributed by atoms with Crippen molar-refractivity contribution in [3.63, 3.8) is 0 Å². The van der Waals surface area contributed by atoms with Crippen molar-refractivity contribution in [1.82, 2.24) is 15.2 Å². The van der Waals surface area contributed by atoms with E-state index in [0.717, 1.165) is 42.8 Å². The van der Waals surface area contributed by atoms with Crippen molar-refractivity contribution in [2.75, 3.05) is 26.7 Å². The quantitative estimate of drug-likeness (QED) is 0.553. The summed E-state index contributed by atoms with van der Waals surface area (Å²) < 4.78 is 5.59. The molecule has 2 N–H and O–H groups in total. The summed E-state index contributed by atoms with van der Waals surface area (Å²) in [6, 6.07) is 16.6. The van der Waals surface area contributed by atoms with E-state index in [2.05, 4.69) is 45.7 Å². The zero-order chi connectivity index (χ0) is 20.8. The van der Waals surface area contributed by atoms with Crippen LogP contribution in [-0.4, -0.2) is 42.5 Å². The molecule has 4 rings (SSSR count). The van der Waals surface area contributed by atoms with Crippen molar-refractivity contribution >= 4 is 16.8 Å². The molecule has 1 unspecified atom stereocenters. The van der Waals surface area contributed by atoms with Gasteiger partial charge in [-0.3, -0.25) is 9.69 Å². The molecule has 0 bridgehead atoms. The number of ether oxygens (including phenoxy) is 1. The fraction of sp³-hybridized carbons (Fsp3) is 0.400. The van der Waals surface area contributed by atoms with Crippen molar-refractivity contribution in [2.45, 2.75) is 38.1 Å². The summed E-state index contributed by atoms with van der Waals surface area (Å²) in [6.45, 7) is 2.75. The van der Waals surface area contributed by atoms with Crippen molar-refractivity contribution in [1.29, 1.82) is 0 Å². The Morgan fingerprint density at radius 2 is 1.90 bits per heavy atom. The van der Waals surface area contributed by atoms with Crippen LogP contribution in [-0.2, 0) is 11.2 Å². The van der Waals surface area contributed by atoms with Crippen molar-refractivity contribution in [3.8, 4) is 5.75 Å². The van der Waals surface area contributed by atoms with Crippen LogP contribution in [0.5, 0.6) is 5.75 Å². The van der Waals surface area contributed by atoms with E-state index in [1.807, 2.05) is 24.3 Å². The summed E-state index contributed by atoms with van der Waals surface area (Å²) in [5, 5.41) is 4.44. The van der Waals surface area contributed by atoms with Gasteiger partial charge in [-0.25, -0.2) is 0 Å².